The Bertz CT molecular complexity index is 1760. The lowest BCUT2D eigenvalue weighted by molar-refractivity contribution is -0.123. The molecular formula is C33H33N3O8. The van der Waals surface area contributed by atoms with Crippen molar-refractivity contribution in [3.8, 4) is 23.0 Å². The number of hydrogen-bond acceptors (Lipinski definition) is 8. The predicted molar refractivity (Wildman–Crippen MR) is 161 cm³/mol. The molecule has 4 heterocycles. The number of methoxy groups -OCH3 is 2. The lowest BCUT2D eigenvalue weighted by Gasteiger charge is -2.22. The van der Waals surface area contributed by atoms with Gasteiger partial charge in [-0.1, -0.05) is 18.2 Å². The zero-order valence-corrected chi connectivity index (χ0v) is 24.9. The van der Waals surface area contributed by atoms with Crippen LogP contribution in [0.2, 0.25) is 0 Å². The molecule has 4 aromatic rings. The number of nitrogens with one attached hydrogen (secondary N) is 2. The van der Waals surface area contributed by atoms with Gasteiger partial charge in [0.05, 0.1) is 26.8 Å². The minimum atomic E-state index is -0.612. The van der Waals surface area contributed by atoms with Gasteiger partial charge in [0, 0.05) is 29.6 Å². The van der Waals surface area contributed by atoms with Crippen LogP contribution in [0.3, 0.4) is 0 Å². The minimum absolute atomic E-state index is 0.184. The molecule has 1 fully saturated rings. The van der Waals surface area contributed by atoms with Crippen molar-refractivity contribution < 1.29 is 37.7 Å². The number of fused-ring (bicyclic) bond motifs is 8. The Labute approximate surface area is 254 Å². The molecule has 11 heteroatoms. The first kappa shape index (κ1) is 28.9. The van der Waals surface area contributed by atoms with E-state index in [-0.39, 0.29) is 49.6 Å². The van der Waals surface area contributed by atoms with E-state index >= 15 is 0 Å². The SMILES string of the molecule is COc1ccc2cc1OCC(=O)NCc1ccc(c(OC)c1)O[C@H]1CN(C(=O)c3oc4cc(C)ccc4c3C)C[C@@H]1NC2=O. The Morgan fingerprint density at radius 1 is 0.932 bits per heavy atom. The summed E-state index contributed by atoms with van der Waals surface area (Å²) in [6.45, 7) is 4.17. The molecule has 3 aliphatic heterocycles. The number of nitrogens with zero attached hydrogens (tertiary/aromatic N) is 1. The van der Waals surface area contributed by atoms with Crippen LogP contribution >= 0.6 is 0 Å². The van der Waals surface area contributed by atoms with Gasteiger partial charge >= 0.3 is 0 Å². The number of furan rings is 1. The standard InChI is InChI=1S/C33H33N3O8/c1-18-5-8-22-19(2)31(44-26(22)11-18)33(39)36-15-23-29(16-36)43-25-9-6-20(12-27(25)41-4)14-34-30(37)17-42-28-13-21(32(38)35-23)7-10-24(28)40-3/h5-13,23,29H,14-17H2,1-4H3,(H,34,37)(H,35,38)/t23-,29-/m0/s1. The normalized spacial score (nSPS) is 18.5. The molecule has 2 atom stereocenters. The molecule has 3 amide bonds. The highest BCUT2D eigenvalue weighted by Gasteiger charge is 2.40. The number of likely N-dealkylation sites (tertiary alicyclic amines) is 1. The summed E-state index contributed by atoms with van der Waals surface area (Å²) in [7, 11) is 3.00. The van der Waals surface area contributed by atoms with Crippen molar-refractivity contribution in [1.29, 1.82) is 0 Å². The molecule has 228 valence electrons. The Balaban J connectivity index is 1.34. The second-order valence-electron chi connectivity index (χ2n) is 10.9. The fourth-order valence-electron chi connectivity index (χ4n) is 5.54. The van der Waals surface area contributed by atoms with Crippen LogP contribution in [0.1, 0.15) is 37.6 Å². The first-order valence-corrected chi connectivity index (χ1v) is 14.2. The van der Waals surface area contributed by atoms with Crippen molar-refractivity contribution >= 4 is 28.7 Å². The molecule has 3 aliphatic rings. The maximum Gasteiger partial charge on any atom is 0.290 e. The number of amides is 3. The van der Waals surface area contributed by atoms with Crippen molar-refractivity contribution in [3.63, 3.8) is 0 Å². The van der Waals surface area contributed by atoms with E-state index in [0.29, 0.717) is 28.4 Å². The van der Waals surface area contributed by atoms with Crippen molar-refractivity contribution in [2.75, 3.05) is 33.9 Å². The fourth-order valence-corrected chi connectivity index (χ4v) is 5.54. The van der Waals surface area contributed by atoms with Crippen molar-refractivity contribution in [3.05, 3.63) is 82.6 Å². The highest BCUT2D eigenvalue weighted by Crippen LogP contribution is 2.33. The van der Waals surface area contributed by atoms with Crippen LogP contribution in [-0.2, 0) is 11.3 Å². The van der Waals surface area contributed by atoms with E-state index in [1.165, 1.54) is 20.3 Å². The van der Waals surface area contributed by atoms with Gasteiger partial charge in [0.2, 0.25) is 0 Å². The van der Waals surface area contributed by atoms with Gasteiger partial charge in [-0.2, -0.15) is 0 Å². The zero-order chi connectivity index (χ0) is 31.0. The topological polar surface area (TPSA) is 129 Å². The Morgan fingerprint density at radius 3 is 2.55 bits per heavy atom. The van der Waals surface area contributed by atoms with E-state index in [1.807, 2.05) is 38.1 Å². The summed E-state index contributed by atoms with van der Waals surface area (Å²) in [5.41, 5.74) is 3.51. The third-order valence-electron chi connectivity index (χ3n) is 7.94. The van der Waals surface area contributed by atoms with Gasteiger partial charge in [0.25, 0.3) is 17.7 Å². The molecule has 0 unspecified atom stereocenters. The van der Waals surface area contributed by atoms with Gasteiger partial charge in [0.15, 0.2) is 35.4 Å². The zero-order valence-electron chi connectivity index (χ0n) is 24.9. The first-order chi connectivity index (χ1) is 21.2. The number of rotatable bonds is 3. The van der Waals surface area contributed by atoms with E-state index in [1.54, 1.807) is 29.2 Å². The lowest BCUT2D eigenvalue weighted by atomic mass is 10.1. The van der Waals surface area contributed by atoms with Crippen molar-refractivity contribution in [2.24, 2.45) is 0 Å². The first-order valence-electron chi connectivity index (χ1n) is 14.2. The number of benzene rings is 3. The van der Waals surface area contributed by atoms with Crippen molar-refractivity contribution in [1.82, 2.24) is 15.5 Å². The molecule has 0 aliphatic carbocycles. The molecule has 0 spiro atoms. The maximum atomic E-state index is 13.8. The Kier molecular flexibility index (Phi) is 7.77. The Morgan fingerprint density at radius 2 is 1.75 bits per heavy atom. The van der Waals surface area contributed by atoms with E-state index in [4.69, 9.17) is 23.4 Å². The molecule has 1 saturated heterocycles. The third-order valence-corrected chi connectivity index (χ3v) is 7.94. The number of aryl methyl sites for hydroxylation is 2. The summed E-state index contributed by atoms with van der Waals surface area (Å²) in [6, 6.07) is 15.3. The summed E-state index contributed by atoms with van der Waals surface area (Å²) in [5.74, 6) is 0.729. The van der Waals surface area contributed by atoms with Gasteiger partial charge in [-0.15, -0.1) is 0 Å². The van der Waals surface area contributed by atoms with E-state index in [0.717, 1.165) is 22.1 Å². The average Bonchev–Trinajstić information content (AvgIpc) is 3.57. The Hall–Kier alpha value is -5.19. The number of carbonyl (C=O) groups is 3. The smallest absolute Gasteiger partial charge is 0.290 e. The predicted octanol–water partition coefficient (Wildman–Crippen LogP) is 3.78. The van der Waals surface area contributed by atoms with Crippen LogP contribution in [0.15, 0.2) is 59.0 Å². The largest absolute Gasteiger partial charge is 0.493 e. The van der Waals surface area contributed by atoms with Crippen LogP contribution in [0, 0.1) is 13.8 Å². The highest BCUT2D eigenvalue weighted by molar-refractivity contribution is 5.99. The lowest BCUT2D eigenvalue weighted by Crippen LogP contribution is -2.45. The third kappa shape index (κ3) is 5.60. The molecule has 11 nitrogen and oxygen atoms in total. The molecule has 2 N–H and O–H groups in total. The molecule has 0 radical (unpaired) electrons. The molecule has 1 aromatic heterocycles. The van der Waals surface area contributed by atoms with Gasteiger partial charge in [0.1, 0.15) is 11.7 Å². The van der Waals surface area contributed by atoms with Crippen LogP contribution in [0.5, 0.6) is 23.0 Å². The fraction of sp³-hybridized carbons (Fsp3) is 0.303. The molecule has 3 aromatic carbocycles. The summed E-state index contributed by atoms with van der Waals surface area (Å²) < 4.78 is 29.2. The van der Waals surface area contributed by atoms with Gasteiger partial charge in [-0.3, -0.25) is 14.4 Å². The number of carbonyl (C=O) groups excluding carboxylic acids is 3. The second-order valence-corrected chi connectivity index (χ2v) is 10.9. The molecule has 7 rings (SSSR count). The van der Waals surface area contributed by atoms with E-state index in [9.17, 15) is 14.4 Å². The van der Waals surface area contributed by atoms with Crippen LogP contribution in [0.25, 0.3) is 11.0 Å². The average molecular weight is 600 g/mol. The van der Waals surface area contributed by atoms with E-state index in [2.05, 4.69) is 10.6 Å². The maximum absolute atomic E-state index is 13.8. The minimum Gasteiger partial charge on any atom is -0.493 e. The summed E-state index contributed by atoms with van der Waals surface area (Å²) in [6.07, 6.45) is -0.612. The molecular weight excluding hydrogens is 566 g/mol. The summed E-state index contributed by atoms with van der Waals surface area (Å²) in [4.78, 5) is 41.5. The van der Waals surface area contributed by atoms with E-state index < -0.39 is 18.1 Å². The van der Waals surface area contributed by atoms with Crippen LogP contribution in [-0.4, -0.2) is 68.7 Å². The van der Waals surface area contributed by atoms with Crippen LogP contribution in [0.4, 0.5) is 0 Å². The quantitative estimate of drug-likeness (QED) is 0.364. The highest BCUT2D eigenvalue weighted by atomic mass is 16.5. The van der Waals surface area contributed by atoms with Gasteiger partial charge in [-0.25, -0.2) is 0 Å². The number of ether oxygens (including phenoxy) is 4. The summed E-state index contributed by atoms with van der Waals surface area (Å²) >= 11 is 0. The van der Waals surface area contributed by atoms with Crippen molar-refractivity contribution in [2.45, 2.75) is 32.5 Å². The molecule has 44 heavy (non-hydrogen) atoms. The van der Waals surface area contributed by atoms with Crippen LogP contribution < -0.4 is 29.6 Å². The molecule has 4 bridgehead atoms. The summed E-state index contributed by atoms with van der Waals surface area (Å²) in [5, 5.41) is 6.73. The monoisotopic (exact) mass is 599 g/mol. The number of hydrogen-bond donors (Lipinski definition) is 2. The van der Waals surface area contributed by atoms with Gasteiger partial charge < -0.3 is 38.9 Å². The molecule has 0 saturated carbocycles. The van der Waals surface area contributed by atoms with Gasteiger partial charge in [-0.05, 0) is 61.4 Å². The second kappa shape index (κ2) is 11.8.